The van der Waals surface area contributed by atoms with Crippen LogP contribution in [0, 0.1) is 17.2 Å². The van der Waals surface area contributed by atoms with E-state index in [0.717, 1.165) is 29.5 Å². The summed E-state index contributed by atoms with van der Waals surface area (Å²) in [5.41, 5.74) is 3.85. The molecule has 178 valence electrons. The molecule has 0 saturated carbocycles. The van der Waals surface area contributed by atoms with Crippen LogP contribution in [-0.2, 0) is 16.0 Å². The van der Waals surface area contributed by atoms with Gasteiger partial charge < -0.3 is 14.4 Å². The Balaban J connectivity index is 1.54. The van der Waals surface area contributed by atoms with E-state index in [9.17, 15) is 14.9 Å². The second kappa shape index (κ2) is 10.8. The van der Waals surface area contributed by atoms with E-state index < -0.39 is 5.92 Å². The number of aromatic nitrogens is 1. The van der Waals surface area contributed by atoms with Crippen molar-refractivity contribution in [2.45, 2.75) is 25.3 Å². The lowest BCUT2D eigenvalue weighted by Gasteiger charge is -2.30. The first kappa shape index (κ1) is 24.0. The molecular formula is C28H27N3O4. The van der Waals surface area contributed by atoms with E-state index in [4.69, 9.17) is 9.47 Å². The van der Waals surface area contributed by atoms with Gasteiger partial charge in [0.15, 0.2) is 0 Å². The van der Waals surface area contributed by atoms with Gasteiger partial charge in [0.25, 0.3) is 5.91 Å². The SMILES string of the molecule is COC(=O)C(Cc1cccc(C#N)c1)C1CCCN1C(=O)c1ccc(-c2ccc(OC)nc2)cc1. The van der Waals surface area contributed by atoms with Gasteiger partial charge in [0, 0.05) is 36.0 Å². The van der Waals surface area contributed by atoms with Crippen molar-refractivity contribution < 1.29 is 19.1 Å². The molecule has 0 spiro atoms. The van der Waals surface area contributed by atoms with Crippen LogP contribution in [0.3, 0.4) is 0 Å². The largest absolute Gasteiger partial charge is 0.481 e. The Bertz CT molecular complexity index is 1230. The molecule has 7 nitrogen and oxygen atoms in total. The fraction of sp³-hybridized carbons (Fsp3) is 0.286. The summed E-state index contributed by atoms with van der Waals surface area (Å²) >= 11 is 0. The highest BCUT2D eigenvalue weighted by Crippen LogP contribution is 2.30. The van der Waals surface area contributed by atoms with Crippen LogP contribution in [0.15, 0.2) is 66.9 Å². The number of hydrogen-bond acceptors (Lipinski definition) is 6. The van der Waals surface area contributed by atoms with E-state index in [-0.39, 0.29) is 17.9 Å². The molecular weight excluding hydrogens is 442 g/mol. The van der Waals surface area contributed by atoms with Crippen molar-refractivity contribution in [2.24, 2.45) is 5.92 Å². The molecule has 0 bridgehead atoms. The molecule has 1 saturated heterocycles. The van der Waals surface area contributed by atoms with Crippen LogP contribution >= 0.6 is 0 Å². The van der Waals surface area contributed by atoms with E-state index in [2.05, 4.69) is 11.1 Å². The summed E-state index contributed by atoms with van der Waals surface area (Å²) in [6, 6.07) is 20.2. The highest BCUT2D eigenvalue weighted by Gasteiger charge is 2.39. The molecule has 0 N–H and O–H groups in total. The normalized spacial score (nSPS) is 15.8. The number of nitrogens with zero attached hydrogens (tertiary/aromatic N) is 3. The minimum atomic E-state index is -0.509. The number of pyridine rings is 1. The molecule has 1 aromatic heterocycles. The maximum atomic E-state index is 13.5. The minimum absolute atomic E-state index is 0.105. The van der Waals surface area contributed by atoms with Crippen molar-refractivity contribution >= 4 is 11.9 Å². The van der Waals surface area contributed by atoms with Crippen molar-refractivity contribution in [1.29, 1.82) is 5.26 Å². The number of hydrogen-bond donors (Lipinski definition) is 0. The lowest BCUT2D eigenvalue weighted by molar-refractivity contribution is -0.147. The first-order valence-corrected chi connectivity index (χ1v) is 11.5. The molecule has 0 radical (unpaired) electrons. The number of likely N-dealkylation sites (tertiary alicyclic amines) is 1. The molecule has 1 fully saturated rings. The van der Waals surface area contributed by atoms with Gasteiger partial charge in [-0.25, -0.2) is 4.98 Å². The highest BCUT2D eigenvalue weighted by atomic mass is 16.5. The van der Waals surface area contributed by atoms with Gasteiger partial charge in [-0.3, -0.25) is 9.59 Å². The van der Waals surface area contributed by atoms with Gasteiger partial charge >= 0.3 is 5.97 Å². The average Bonchev–Trinajstić information content (AvgIpc) is 3.40. The number of amides is 1. The van der Waals surface area contributed by atoms with Gasteiger partial charge in [-0.1, -0.05) is 24.3 Å². The summed E-state index contributed by atoms with van der Waals surface area (Å²) in [6.45, 7) is 0.583. The fourth-order valence-electron chi connectivity index (χ4n) is 4.66. The summed E-state index contributed by atoms with van der Waals surface area (Å²) in [7, 11) is 2.94. The predicted octanol–water partition coefficient (Wildman–Crippen LogP) is 4.27. The fourth-order valence-corrected chi connectivity index (χ4v) is 4.66. The zero-order valence-electron chi connectivity index (χ0n) is 19.8. The highest BCUT2D eigenvalue weighted by molar-refractivity contribution is 5.95. The van der Waals surface area contributed by atoms with Crippen LogP contribution in [0.1, 0.15) is 34.3 Å². The summed E-state index contributed by atoms with van der Waals surface area (Å²) in [4.78, 5) is 32.3. The first-order chi connectivity index (χ1) is 17.0. The molecule has 2 unspecified atom stereocenters. The van der Waals surface area contributed by atoms with E-state index in [0.29, 0.717) is 30.0 Å². The molecule has 1 amide bonds. The Kier molecular flexibility index (Phi) is 7.41. The third kappa shape index (κ3) is 5.33. The standard InChI is InChI=1S/C28H27N3O4/c1-34-26-13-12-23(18-30-26)21-8-10-22(11-9-21)27(32)31-14-4-7-25(31)24(28(33)35-2)16-19-5-3-6-20(15-19)17-29/h3,5-6,8-13,15,18,24-25H,4,7,14,16H2,1-2H3. The van der Waals surface area contributed by atoms with Crippen LogP contribution in [0.4, 0.5) is 0 Å². The molecule has 4 rings (SSSR count). The number of nitriles is 1. The summed E-state index contributed by atoms with van der Waals surface area (Å²) < 4.78 is 10.2. The van der Waals surface area contributed by atoms with Gasteiger partial charge in [0.2, 0.25) is 5.88 Å². The van der Waals surface area contributed by atoms with Crippen LogP contribution in [0.25, 0.3) is 11.1 Å². The first-order valence-electron chi connectivity index (χ1n) is 11.5. The van der Waals surface area contributed by atoms with Crippen molar-refractivity contribution in [1.82, 2.24) is 9.88 Å². The van der Waals surface area contributed by atoms with Gasteiger partial charge in [-0.15, -0.1) is 0 Å². The molecule has 35 heavy (non-hydrogen) atoms. The zero-order chi connectivity index (χ0) is 24.8. The third-order valence-electron chi connectivity index (χ3n) is 6.45. The number of ether oxygens (including phenoxy) is 2. The average molecular weight is 470 g/mol. The van der Waals surface area contributed by atoms with Crippen molar-refractivity contribution in [2.75, 3.05) is 20.8 Å². The lowest BCUT2D eigenvalue weighted by Crippen LogP contribution is -2.44. The van der Waals surface area contributed by atoms with Crippen LogP contribution in [-0.4, -0.2) is 48.6 Å². The van der Waals surface area contributed by atoms with Crippen LogP contribution in [0.2, 0.25) is 0 Å². The van der Waals surface area contributed by atoms with Crippen LogP contribution in [0.5, 0.6) is 5.88 Å². The summed E-state index contributed by atoms with van der Waals surface area (Å²) in [5.74, 6) is -0.420. The number of benzene rings is 2. The lowest BCUT2D eigenvalue weighted by atomic mass is 9.89. The van der Waals surface area contributed by atoms with Gasteiger partial charge in [0.1, 0.15) is 0 Å². The molecule has 0 aliphatic carbocycles. The topological polar surface area (TPSA) is 92.5 Å². The smallest absolute Gasteiger partial charge is 0.311 e. The van der Waals surface area contributed by atoms with Crippen LogP contribution < -0.4 is 4.74 Å². The zero-order valence-corrected chi connectivity index (χ0v) is 19.8. The van der Waals surface area contributed by atoms with E-state index in [1.54, 1.807) is 54.6 Å². The van der Waals surface area contributed by atoms with E-state index in [1.165, 1.54) is 7.11 Å². The van der Waals surface area contributed by atoms with Gasteiger partial charge in [-0.05, 0) is 60.7 Å². The Morgan fingerprint density at radius 3 is 2.54 bits per heavy atom. The van der Waals surface area contributed by atoms with Crippen molar-refractivity contribution in [3.8, 4) is 23.1 Å². The van der Waals surface area contributed by atoms with Gasteiger partial charge in [0.05, 0.1) is 31.8 Å². The number of esters is 1. The van der Waals surface area contributed by atoms with Crippen molar-refractivity contribution in [3.05, 3.63) is 83.6 Å². The molecule has 1 aliphatic rings. The molecule has 7 heteroatoms. The maximum absolute atomic E-state index is 13.5. The predicted molar refractivity (Wildman–Crippen MR) is 131 cm³/mol. The molecule has 1 aliphatic heterocycles. The number of carbonyl (C=O) groups is 2. The number of rotatable bonds is 7. The third-order valence-corrected chi connectivity index (χ3v) is 6.45. The molecule has 2 atom stereocenters. The molecule has 2 heterocycles. The Labute approximate surface area is 204 Å². The molecule has 3 aromatic rings. The Hall–Kier alpha value is -4.18. The van der Waals surface area contributed by atoms with Gasteiger partial charge in [-0.2, -0.15) is 5.26 Å². The second-order valence-electron chi connectivity index (χ2n) is 8.52. The minimum Gasteiger partial charge on any atom is -0.481 e. The van der Waals surface area contributed by atoms with E-state index >= 15 is 0 Å². The van der Waals surface area contributed by atoms with Crippen molar-refractivity contribution in [3.63, 3.8) is 0 Å². The summed E-state index contributed by atoms with van der Waals surface area (Å²) in [6.07, 6.45) is 3.67. The molecule has 2 aromatic carbocycles. The monoisotopic (exact) mass is 469 g/mol. The number of carbonyl (C=O) groups excluding carboxylic acids is 2. The second-order valence-corrected chi connectivity index (χ2v) is 8.52. The Morgan fingerprint density at radius 2 is 1.89 bits per heavy atom. The Morgan fingerprint density at radius 1 is 1.11 bits per heavy atom. The quantitative estimate of drug-likeness (QED) is 0.480. The summed E-state index contributed by atoms with van der Waals surface area (Å²) in [5, 5.41) is 9.22. The number of methoxy groups -OCH3 is 2. The van der Waals surface area contributed by atoms with E-state index in [1.807, 2.05) is 24.3 Å². The maximum Gasteiger partial charge on any atom is 0.311 e.